The second-order valence-corrected chi connectivity index (χ2v) is 5.60. The lowest BCUT2D eigenvalue weighted by molar-refractivity contribution is -0.150. The van der Waals surface area contributed by atoms with Crippen LogP contribution in [0.5, 0.6) is 17.2 Å². The van der Waals surface area contributed by atoms with Crippen LogP contribution in [0.1, 0.15) is 15.9 Å². The van der Waals surface area contributed by atoms with E-state index in [2.05, 4.69) is 5.32 Å². The highest BCUT2D eigenvalue weighted by molar-refractivity contribution is 5.81. The highest BCUT2D eigenvalue weighted by Crippen LogP contribution is 2.32. The van der Waals surface area contributed by atoms with Gasteiger partial charge < -0.3 is 24.3 Å². The first-order valence-corrected chi connectivity index (χ1v) is 8.13. The van der Waals surface area contributed by atoms with Crippen LogP contribution in [0, 0.1) is 0 Å². The van der Waals surface area contributed by atoms with Gasteiger partial charge >= 0.3 is 5.97 Å². The number of hydrogen-bond donors (Lipinski definition) is 1. The zero-order chi connectivity index (χ0) is 19.1. The number of carbonyl (C=O) groups is 3. The first-order valence-electron chi connectivity index (χ1n) is 8.13. The molecule has 3 rings (SSSR count). The largest absolute Gasteiger partial charge is 0.482 e. The van der Waals surface area contributed by atoms with E-state index in [1.807, 2.05) is 6.07 Å². The number of ether oxygens (including phenoxy) is 4. The minimum atomic E-state index is -0.673. The lowest BCUT2D eigenvalue weighted by Gasteiger charge is -2.08. The van der Waals surface area contributed by atoms with Gasteiger partial charge in [0, 0.05) is 12.1 Å². The molecule has 1 heterocycles. The van der Waals surface area contributed by atoms with Crippen molar-refractivity contribution in [3.05, 3.63) is 53.6 Å². The lowest BCUT2D eigenvalue weighted by atomic mass is 10.2. The van der Waals surface area contributed by atoms with Crippen molar-refractivity contribution >= 4 is 18.2 Å². The number of benzene rings is 2. The Morgan fingerprint density at radius 3 is 2.59 bits per heavy atom. The van der Waals surface area contributed by atoms with Gasteiger partial charge in [0.05, 0.1) is 0 Å². The Labute approximate surface area is 155 Å². The molecule has 1 N–H and O–H groups in total. The van der Waals surface area contributed by atoms with Crippen molar-refractivity contribution in [3.63, 3.8) is 0 Å². The minimum absolute atomic E-state index is 0.185. The number of aldehydes is 1. The Kier molecular flexibility index (Phi) is 5.88. The summed E-state index contributed by atoms with van der Waals surface area (Å²) in [5, 5.41) is 2.65. The maximum atomic E-state index is 11.8. The quantitative estimate of drug-likeness (QED) is 0.554. The van der Waals surface area contributed by atoms with E-state index >= 15 is 0 Å². The van der Waals surface area contributed by atoms with Gasteiger partial charge in [-0.25, -0.2) is 4.79 Å². The molecule has 2 aromatic rings. The maximum absolute atomic E-state index is 11.8. The Morgan fingerprint density at radius 2 is 1.81 bits per heavy atom. The van der Waals surface area contributed by atoms with Crippen molar-refractivity contribution in [1.29, 1.82) is 0 Å². The third kappa shape index (κ3) is 5.21. The molecule has 1 amide bonds. The molecule has 0 aromatic heterocycles. The summed E-state index contributed by atoms with van der Waals surface area (Å²) in [5.41, 5.74) is 1.34. The van der Waals surface area contributed by atoms with Gasteiger partial charge in [0.15, 0.2) is 24.7 Å². The molecule has 1 aliphatic rings. The van der Waals surface area contributed by atoms with Crippen LogP contribution in [-0.2, 0) is 20.9 Å². The SMILES string of the molecule is O=Cc1ccc(OCC(=O)OCC(=O)NCc2ccc3c(c2)OCO3)cc1. The van der Waals surface area contributed by atoms with Crippen molar-refractivity contribution in [2.45, 2.75) is 6.54 Å². The second kappa shape index (κ2) is 8.70. The molecule has 0 radical (unpaired) electrons. The normalized spacial score (nSPS) is 11.6. The Bertz CT molecular complexity index is 832. The smallest absolute Gasteiger partial charge is 0.344 e. The van der Waals surface area contributed by atoms with E-state index in [1.165, 1.54) is 0 Å². The van der Waals surface area contributed by atoms with Gasteiger partial charge in [-0.15, -0.1) is 0 Å². The summed E-state index contributed by atoms with van der Waals surface area (Å²) >= 11 is 0. The predicted molar refractivity (Wildman–Crippen MR) is 92.7 cm³/mol. The average Bonchev–Trinajstić information content (AvgIpc) is 3.17. The molecule has 2 aromatic carbocycles. The van der Waals surface area contributed by atoms with Crippen molar-refractivity contribution in [1.82, 2.24) is 5.32 Å². The van der Waals surface area contributed by atoms with E-state index in [0.29, 0.717) is 29.1 Å². The Morgan fingerprint density at radius 1 is 1.04 bits per heavy atom. The molecule has 0 aliphatic carbocycles. The zero-order valence-electron chi connectivity index (χ0n) is 14.3. The van der Waals surface area contributed by atoms with Crippen LogP contribution in [0.3, 0.4) is 0 Å². The molecule has 8 heteroatoms. The Hall–Kier alpha value is -3.55. The fourth-order valence-electron chi connectivity index (χ4n) is 2.28. The molecule has 0 bridgehead atoms. The van der Waals surface area contributed by atoms with Crippen molar-refractivity contribution in [2.75, 3.05) is 20.0 Å². The standard InChI is InChI=1S/C19H17NO7/c21-9-13-1-4-15(5-2-13)24-11-19(23)25-10-18(22)20-8-14-3-6-16-17(7-14)27-12-26-16/h1-7,9H,8,10-12H2,(H,20,22). The molecule has 0 unspecified atom stereocenters. The monoisotopic (exact) mass is 371 g/mol. The van der Waals surface area contributed by atoms with Crippen LogP contribution < -0.4 is 19.5 Å². The van der Waals surface area contributed by atoms with Crippen LogP contribution in [0.25, 0.3) is 0 Å². The molecule has 0 saturated heterocycles. The summed E-state index contributed by atoms with van der Waals surface area (Å²) in [6.45, 7) is -0.288. The topological polar surface area (TPSA) is 100 Å². The molecule has 27 heavy (non-hydrogen) atoms. The summed E-state index contributed by atoms with van der Waals surface area (Å²) in [5.74, 6) is 0.611. The molecule has 0 atom stereocenters. The molecule has 0 fully saturated rings. The minimum Gasteiger partial charge on any atom is -0.482 e. The molecule has 1 aliphatic heterocycles. The molecule has 0 spiro atoms. The molecule has 140 valence electrons. The van der Waals surface area contributed by atoms with E-state index in [4.69, 9.17) is 18.9 Å². The summed E-state index contributed by atoms with van der Waals surface area (Å²) in [6, 6.07) is 11.6. The number of amides is 1. The number of hydrogen-bond acceptors (Lipinski definition) is 7. The fourth-order valence-corrected chi connectivity index (χ4v) is 2.28. The van der Waals surface area contributed by atoms with E-state index < -0.39 is 18.5 Å². The lowest BCUT2D eigenvalue weighted by Crippen LogP contribution is -2.29. The van der Waals surface area contributed by atoms with Crippen LogP contribution in [-0.4, -0.2) is 38.2 Å². The number of carbonyl (C=O) groups excluding carboxylic acids is 3. The van der Waals surface area contributed by atoms with E-state index in [9.17, 15) is 14.4 Å². The van der Waals surface area contributed by atoms with Crippen LogP contribution >= 0.6 is 0 Å². The van der Waals surface area contributed by atoms with Crippen molar-refractivity contribution in [3.8, 4) is 17.2 Å². The van der Waals surface area contributed by atoms with E-state index in [0.717, 1.165) is 5.56 Å². The zero-order valence-corrected chi connectivity index (χ0v) is 14.3. The number of rotatable bonds is 8. The first-order chi connectivity index (χ1) is 13.1. The fraction of sp³-hybridized carbons (Fsp3) is 0.211. The van der Waals surface area contributed by atoms with Crippen LogP contribution in [0.15, 0.2) is 42.5 Å². The van der Waals surface area contributed by atoms with Gasteiger partial charge in [-0.05, 0) is 42.0 Å². The number of nitrogens with one attached hydrogen (secondary N) is 1. The molecular weight excluding hydrogens is 354 g/mol. The molecule has 0 saturated carbocycles. The number of fused-ring (bicyclic) bond motifs is 1. The van der Waals surface area contributed by atoms with Crippen LogP contribution in [0.4, 0.5) is 0 Å². The average molecular weight is 371 g/mol. The highest BCUT2D eigenvalue weighted by atomic mass is 16.7. The molecular formula is C19H17NO7. The molecule has 8 nitrogen and oxygen atoms in total. The maximum Gasteiger partial charge on any atom is 0.344 e. The van der Waals surface area contributed by atoms with E-state index in [1.54, 1.807) is 36.4 Å². The number of esters is 1. The van der Waals surface area contributed by atoms with Gasteiger partial charge in [-0.3, -0.25) is 9.59 Å². The Balaban J connectivity index is 1.35. The second-order valence-electron chi connectivity index (χ2n) is 5.60. The third-order valence-corrected chi connectivity index (χ3v) is 3.66. The van der Waals surface area contributed by atoms with Crippen molar-refractivity contribution < 1.29 is 33.3 Å². The first kappa shape index (κ1) is 18.2. The van der Waals surface area contributed by atoms with E-state index in [-0.39, 0.29) is 19.9 Å². The highest BCUT2D eigenvalue weighted by Gasteiger charge is 2.14. The van der Waals surface area contributed by atoms with Crippen molar-refractivity contribution in [2.24, 2.45) is 0 Å². The predicted octanol–water partition coefficient (Wildman–Crippen LogP) is 1.47. The van der Waals surface area contributed by atoms with Gasteiger partial charge in [-0.2, -0.15) is 0 Å². The van der Waals surface area contributed by atoms with Gasteiger partial charge in [0.2, 0.25) is 6.79 Å². The third-order valence-electron chi connectivity index (χ3n) is 3.66. The van der Waals surface area contributed by atoms with Gasteiger partial charge in [0.1, 0.15) is 12.0 Å². The summed E-state index contributed by atoms with van der Waals surface area (Å²) in [7, 11) is 0. The summed E-state index contributed by atoms with van der Waals surface area (Å²) < 4.78 is 20.6. The van der Waals surface area contributed by atoms with Gasteiger partial charge in [-0.1, -0.05) is 6.07 Å². The van der Waals surface area contributed by atoms with Crippen LogP contribution in [0.2, 0.25) is 0 Å². The van der Waals surface area contributed by atoms with Gasteiger partial charge in [0.25, 0.3) is 5.91 Å². The summed E-state index contributed by atoms with van der Waals surface area (Å²) in [6.07, 6.45) is 0.709. The summed E-state index contributed by atoms with van der Waals surface area (Å²) in [4.78, 5) is 34.0.